The lowest BCUT2D eigenvalue weighted by molar-refractivity contribution is -0.139. The van der Waals surface area contributed by atoms with Gasteiger partial charge in [-0.1, -0.05) is 15.9 Å². The number of rotatable bonds is 12. The largest absolute Gasteiger partial charge is 0.495 e. The van der Waals surface area contributed by atoms with Crippen LogP contribution in [0.2, 0.25) is 0 Å². The van der Waals surface area contributed by atoms with E-state index in [1.807, 2.05) is 0 Å². The van der Waals surface area contributed by atoms with Crippen LogP contribution in [0, 0.1) is 0 Å². The molecule has 0 bridgehead atoms. The molecule has 8 N–H and O–H groups in total. The number of halogens is 1. The van der Waals surface area contributed by atoms with E-state index in [1.54, 1.807) is 6.07 Å². The highest BCUT2D eigenvalue weighted by Gasteiger charge is 2.26. The van der Waals surface area contributed by atoms with Crippen LogP contribution in [0.25, 0.3) is 0 Å². The fourth-order valence-corrected chi connectivity index (χ4v) is 5.07. The molecular weight excluding hydrogens is 526 g/mol. The summed E-state index contributed by atoms with van der Waals surface area (Å²) in [6.45, 7) is 0.371. The van der Waals surface area contributed by atoms with Gasteiger partial charge in [0, 0.05) is 4.47 Å². The van der Waals surface area contributed by atoms with Crippen molar-refractivity contribution in [3.05, 3.63) is 39.0 Å². The van der Waals surface area contributed by atoms with Gasteiger partial charge in [0.25, 0.3) is 15.9 Å². The zero-order valence-corrected chi connectivity index (χ0v) is 20.2. The van der Waals surface area contributed by atoms with Crippen LogP contribution in [0.15, 0.2) is 39.0 Å². The number of sulfonamides is 1. The molecule has 1 aromatic heterocycles. The predicted molar refractivity (Wildman–Crippen MR) is 124 cm³/mol. The molecule has 2 aromatic rings. The first-order valence-corrected chi connectivity index (χ1v) is 12.4. The molecule has 176 valence electrons. The molecule has 2 rings (SSSR count). The van der Waals surface area contributed by atoms with Gasteiger partial charge in [0.05, 0.1) is 12.8 Å². The Morgan fingerprint density at radius 1 is 1.28 bits per heavy atom. The van der Waals surface area contributed by atoms with Crippen molar-refractivity contribution in [3.8, 4) is 5.75 Å². The molecule has 14 heteroatoms. The van der Waals surface area contributed by atoms with Crippen LogP contribution < -0.4 is 31.6 Å². The third-order valence-electron chi connectivity index (χ3n) is 4.18. The fraction of sp³-hybridized carbons (Fsp3) is 0.333. The Bertz CT molecular complexity index is 1060. The van der Waals surface area contributed by atoms with Crippen molar-refractivity contribution in [2.45, 2.75) is 30.1 Å². The summed E-state index contributed by atoms with van der Waals surface area (Å²) in [5, 5.41) is 16.1. The highest BCUT2D eigenvalue weighted by atomic mass is 79.9. The number of aliphatic carboxylic acids is 1. The van der Waals surface area contributed by atoms with Crippen LogP contribution in [0.3, 0.4) is 0 Å². The number of hydrogen-bond acceptors (Lipinski definition) is 9. The summed E-state index contributed by atoms with van der Waals surface area (Å²) < 4.78 is 33.9. The Morgan fingerprint density at radius 2 is 2.00 bits per heavy atom. The van der Waals surface area contributed by atoms with Crippen LogP contribution in [-0.2, 0) is 14.8 Å². The normalized spacial score (nSPS) is 12.4. The maximum atomic E-state index is 12.9. The van der Waals surface area contributed by atoms with Crippen LogP contribution >= 0.6 is 27.3 Å². The second-order valence-electron chi connectivity index (χ2n) is 6.55. The van der Waals surface area contributed by atoms with Gasteiger partial charge in [-0.05, 0) is 49.0 Å². The topological polar surface area (TPSA) is 186 Å². The van der Waals surface area contributed by atoms with E-state index in [4.69, 9.17) is 16.2 Å². The maximum absolute atomic E-state index is 12.9. The number of methoxy groups -OCH3 is 1. The summed E-state index contributed by atoms with van der Waals surface area (Å²) in [7, 11) is -2.75. The monoisotopic (exact) mass is 549 g/mol. The van der Waals surface area contributed by atoms with Crippen molar-refractivity contribution < 1.29 is 27.9 Å². The molecule has 1 aromatic carbocycles. The molecule has 0 unspecified atom stereocenters. The first-order valence-electron chi connectivity index (χ1n) is 9.27. The van der Waals surface area contributed by atoms with Gasteiger partial charge in [-0.25, -0.2) is 13.2 Å². The van der Waals surface area contributed by atoms with Gasteiger partial charge in [0.2, 0.25) is 0 Å². The van der Waals surface area contributed by atoms with Crippen molar-refractivity contribution in [3.63, 3.8) is 0 Å². The average molecular weight is 550 g/mol. The molecule has 0 aliphatic carbocycles. The highest BCUT2D eigenvalue weighted by molar-refractivity contribution is 9.10. The summed E-state index contributed by atoms with van der Waals surface area (Å²) in [5.74, 6) is -1.81. The Morgan fingerprint density at radius 3 is 2.62 bits per heavy atom. The molecular formula is C18H24BrN5O6S2. The first kappa shape index (κ1) is 26.0. The van der Waals surface area contributed by atoms with Gasteiger partial charge in [0.15, 0.2) is 0 Å². The number of carbonyl (C=O) groups excluding carboxylic acids is 1. The summed E-state index contributed by atoms with van der Waals surface area (Å²) in [4.78, 5) is 24.1. The SMILES string of the molecule is COc1cc(Br)ccc1S(=O)(=O)Nc1ccsc1C(=O)N[C@@H](CCCNC(N)N)C(=O)O. The van der Waals surface area contributed by atoms with Crippen LogP contribution in [0.4, 0.5) is 5.69 Å². The Labute approximate surface area is 197 Å². The number of hydrogen-bond donors (Lipinski definition) is 6. The van der Waals surface area contributed by atoms with E-state index in [0.29, 0.717) is 17.4 Å². The van der Waals surface area contributed by atoms with Crippen LogP contribution in [0.5, 0.6) is 5.75 Å². The number of nitrogens with two attached hydrogens (primary N) is 2. The number of anilines is 1. The van der Waals surface area contributed by atoms with Gasteiger partial charge in [0.1, 0.15) is 27.9 Å². The highest BCUT2D eigenvalue weighted by Crippen LogP contribution is 2.31. The third-order valence-corrected chi connectivity index (χ3v) is 7.00. The molecule has 1 amide bonds. The molecule has 0 radical (unpaired) electrons. The lowest BCUT2D eigenvalue weighted by Crippen LogP contribution is -2.46. The summed E-state index contributed by atoms with van der Waals surface area (Å²) in [5.41, 5.74) is 10.8. The van der Waals surface area contributed by atoms with E-state index in [0.717, 1.165) is 11.3 Å². The van der Waals surface area contributed by atoms with Crippen molar-refractivity contribution in [2.24, 2.45) is 11.5 Å². The number of ether oxygens (including phenoxy) is 1. The lowest BCUT2D eigenvalue weighted by Gasteiger charge is -2.16. The number of carbonyl (C=O) groups is 2. The summed E-state index contributed by atoms with van der Waals surface area (Å²) in [6, 6.07) is 4.66. The maximum Gasteiger partial charge on any atom is 0.326 e. The number of amides is 1. The summed E-state index contributed by atoms with van der Waals surface area (Å²) in [6.07, 6.45) is -0.197. The Hall–Kier alpha value is -2.23. The van der Waals surface area contributed by atoms with Gasteiger partial charge >= 0.3 is 5.97 Å². The molecule has 0 aliphatic heterocycles. The van der Waals surface area contributed by atoms with Crippen molar-refractivity contribution in [1.82, 2.24) is 10.6 Å². The minimum atomic E-state index is -4.09. The second-order valence-corrected chi connectivity index (χ2v) is 10.0. The quantitative estimate of drug-likeness (QED) is 0.166. The van der Waals surface area contributed by atoms with Gasteiger partial charge < -0.3 is 26.6 Å². The number of carboxylic acids is 1. The zero-order chi connectivity index (χ0) is 23.9. The molecule has 1 heterocycles. The standard InChI is InChI=1S/C18H24BrN5O6S2/c1-30-13-9-10(19)4-5-14(13)32(28,29)24-11-6-8-31-15(11)16(25)23-12(17(26)27)3-2-7-22-18(20)21/h4-6,8-9,12,18,22,24H,2-3,7,20-21H2,1H3,(H,23,25)(H,26,27)/t12-/m0/s1. The van der Waals surface area contributed by atoms with E-state index in [2.05, 4.69) is 31.3 Å². The van der Waals surface area contributed by atoms with E-state index in [9.17, 15) is 23.1 Å². The Balaban J connectivity index is 2.15. The zero-order valence-electron chi connectivity index (χ0n) is 17.0. The van der Waals surface area contributed by atoms with E-state index < -0.39 is 34.2 Å². The molecule has 1 atom stereocenters. The van der Waals surface area contributed by atoms with E-state index in [1.165, 1.54) is 30.7 Å². The molecule has 0 spiro atoms. The Kier molecular flexibility index (Phi) is 9.42. The van der Waals surface area contributed by atoms with Crippen molar-refractivity contribution >= 4 is 54.9 Å². The average Bonchev–Trinajstić information content (AvgIpc) is 3.16. The molecule has 0 fully saturated rings. The van der Waals surface area contributed by atoms with Gasteiger partial charge in [-0.15, -0.1) is 11.3 Å². The molecule has 32 heavy (non-hydrogen) atoms. The number of thiophene rings is 1. The minimum absolute atomic E-state index is 0.0254. The molecule has 0 aliphatic rings. The minimum Gasteiger partial charge on any atom is -0.495 e. The number of nitrogens with one attached hydrogen (secondary N) is 3. The summed E-state index contributed by atoms with van der Waals surface area (Å²) >= 11 is 4.22. The van der Waals surface area contributed by atoms with E-state index in [-0.39, 0.29) is 27.6 Å². The smallest absolute Gasteiger partial charge is 0.326 e. The predicted octanol–water partition coefficient (Wildman–Crippen LogP) is 1.07. The van der Waals surface area contributed by atoms with Gasteiger partial charge in [-0.2, -0.15) is 0 Å². The third kappa shape index (κ3) is 7.15. The fourth-order valence-electron chi connectivity index (χ4n) is 2.68. The first-order chi connectivity index (χ1) is 15.0. The van der Waals surface area contributed by atoms with Crippen molar-refractivity contribution in [1.29, 1.82) is 0 Å². The van der Waals surface area contributed by atoms with Crippen molar-refractivity contribution in [2.75, 3.05) is 18.4 Å². The van der Waals surface area contributed by atoms with E-state index >= 15 is 0 Å². The van der Waals surface area contributed by atoms with Gasteiger partial charge in [-0.3, -0.25) is 14.8 Å². The number of benzene rings is 1. The molecule has 0 saturated heterocycles. The molecule has 0 saturated carbocycles. The second kappa shape index (κ2) is 11.6. The molecule has 11 nitrogen and oxygen atoms in total. The van der Waals surface area contributed by atoms with Crippen LogP contribution in [-0.4, -0.2) is 51.4 Å². The number of carboxylic acid groups (broad SMARTS) is 1. The lowest BCUT2D eigenvalue weighted by atomic mass is 10.1. The van der Waals surface area contributed by atoms with Crippen LogP contribution in [0.1, 0.15) is 22.5 Å².